The third-order valence-corrected chi connectivity index (χ3v) is 2.72. The van der Waals surface area contributed by atoms with Crippen molar-refractivity contribution in [2.24, 2.45) is 0 Å². The second-order valence-electron chi connectivity index (χ2n) is 4.09. The van der Waals surface area contributed by atoms with Gasteiger partial charge < -0.3 is 4.42 Å². The Balaban J connectivity index is 2.24. The quantitative estimate of drug-likeness (QED) is 0.676. The maximum absolute atomic E-state index is 6.01. The molecule has 0 amide bonds. The number of rotatable bonds is 1. The van der Waals surface area contributed by atoms with Gasteiger partial charge in [-0.3, -0.25) is 0 Å². The third-order valence-electron chi connectivity index (χ3n) is 2.39. The predicted octanol–water partition coefficient (Wildman–Crippen LogP) is 4.46. The number of halogens is 1. The van der Waals surface area contributed by atoms with Gasteiger partial charge in [0.25, 0.3) is 0 Å². The summed E-state index contributed by atoms with van der Waals surface area (Å²) in [4.78, 5) is 0. The maximum atomic E-state index is 6.01. The summed E-state index contributed by atoms with van der Waals surface area (Å²) >= 11 is 6.01. The lowest BCUT2D eigenvalue weighted by atomic mass is 10.2. The van der Waals surface area contributed by atoms with E-state index in [1.54, 1.807) is 0 Å². The molecule has 0 N–H and O–H groups in total. The Labute approximate surface area is 106 Å². The largest absolute Gasteiger partial charge is 0.452 e. The highest BCUT2D eigenvalue weighted by molar-refractivity contribution is 6.31. The van der Waals surface area contributed by atoms with E-state index in [2.05, 4.69) is 25.7 Å². The zero-order valence-corrected chi connectivity index (χ0v) is 10.6. The van der Waals surface area contributed by atoms with E-state index in [0.717, 1.165) is 11.3 Å². The van der Waals surface area contributed by atoms with Gasteiger partial charge in [0.2, 0.25) is 0 Å². The van der Waals surface area contributed by atoms with Crippen molar-refractivity contribution in [2.45, 2.75) is 19.8 Å². The molecule has 1 aromatic carbocycles. The lowest BCUT2D eigenvalue weighted by Gasteiger charge is -1.96. The summed E-state index contributed by atoms with van der Waals surface area (Å²) in [6.45, 7) is 4.17. The van der Waals surface area contributed by atoms with Gasteiger partial charge in [-0.2, -0.15) is 0 Å². The molecule has 17 heavy (non-hydrogen) atoms. The van der Waals surface area contributed by atoms with Crippen molar-refractivity contribution in [2.75, 3.05) is 0 Å². The highest BCUT2D eigenvalue weighted by atomic mass is 35.5. The summed E-state index contributed by atoms with van der Waals surface area (Å²) in [5.41, 5.74) is 0.816. The molecule has 2 aromatic rings. The summed E-state index contributed by atoms with van der Waals surface area (Å²) < 4.78 is 5.59. The van der Waals surface area contributed by atoms with Gasteiger partial charge in [0.05, 0.1) is 5.02 Å². The van der Waals surface area contributed by atoms with Crippen LogP contribution in [0.3, 0.4) is 0 Å². The van der Waals surface area contributed by atoms with E-state index >= 15 is 0 Å². The average molecular weight is 245 g/mol. The van der Waals surface area contributed by atoms with Crippen molar-refractivity contribution in [1.29, 1.82) is 0 Å². The van der Waals surface area contributed by atoms with Crippen LogP contribution in [0.2, 0.25) is 5.02 Å². The van der Waals surface area contributed by atoms with Crippen molar-refractivity contribution < 1.29 is 4.42 Å². The van der Waals surface area contributed by atoms with Crippen LogP contribution in [-0.2, 0) is 0 Å². The minimum absolute atomic E-state index is 0.380. The first-order valence-corrected chi connectivity index (χ1v) is 5.91. The van der Waals surface area contributed by atoms with Gasteiger partial charge >= 0.3 is 0 Å². The van der Waals surface area contributed by atoms with E-state index in [9.17, 15) is 0 Å². The topological polar surface area (TPSA) is 13.1 Å². The van der Waals surface area contributed by atoms with Crippen LogP contribution in [0.4, 0.5) is 0 Å². The second kappa shape index (κ2) is 5.12. The van der Waals surface area contributed by atoms with Crippen LogP contribution >= 0.6 is 11.6 Å². The van der Waals surface area contributed by atoms with Crippen LogP contribution in [0.5, 0.6) is 0 Å². The Morgan fingerprint density at radius 1 is 1.06 bits per heavy atom. The van der Waals surface area contributed by atoms with Gasteiger partial charge in [-0.1, -0.05) is 43.5 Å². The van der Waals surface area contributed by atoms with Crippen molar-refractivity contribution in [3.05, 3.63) is 58.5 Å². The Bertz CT molecular complexity index is 570. The standard InChI is InChI=1S/C15H13ClO/c1-11(2)15-10-9-13(17-15)8-7-12-5-3-4-6-14(12)16/h3-6,9-11H,1-2H3. The Kier molecular flexibility index (Phi) is 3.56. The van der Waals surface area contributed by atoms with Crippen LogP contribution in [-0.4, -0.2) is 0 Å². The van der Waals surface area contributed by atoms with E-state index in [0.29, 0.717) is 16.7 Å². The van der Waals surface area contributed by atoms with Crippen molar-refractivity contribution in [3.8, 4) is 11.8 Å². The molecule has 0 saturated heterocycles. The summed E-state index contributed by atoms with van der Waals surface area (Å²) in [7, 11) is 0. The SMILES string of the molecule is CC(C)c1ccc(C#Cc2ccccc2Cl)o1. The maximum Gasteiger partial charge on any atom is 0.177 e. The van der Waals surface area contributed by atoms with Gasteiger partial charge in [-0.05, 0) is 30.2 Å². The molecule has 0 radical (unpaired) electrons. The third kappa shape index (κ3) is 2.93. The first-order valence-electron chi connectivity index (χ1n) is 5.53. The number of benzene rings is 1. The van der Waals surface area contributed by atoms with Crippen LogP contribution in [0, 0.1) is 11.8 Å². The molecule has 0 bridgehead atoms. The molecule has 0 atom stereocenters. The molecule has 0 saturated carbocycles. The normalized spacial score (nSPS) is 10.1. The molecule has 86 valence electrons. The minimum Gasteiger partial charge on any atom is -0.452 e. The number of furan rings is 1. The smallest absolute Gasteiger partial charge is 0.177 e. The van der Waals surface area contributed by atoms with E-state index in [1.165, 1.54) is 0 Å². The molecule has 0 spiro atoms. The Morgan fingerprint density at radius 2 is 1.82 bits per heavy atom. The molecule has 2 rings (SSSR count). The minimum atomic E-state index is 0.380. The van der Waals surface area contributed by atoms with Crippen molar-refractivity contribution in [1.82, 2.24) is 0 Å². The van der Waals surface area contributed by atoms with E-state index in [4.69, 9.17) is 16.0 Å². The Hall–Kier alpha value is -1.65. The monoisotopic (exact) mass is 244 g/mol. The summed E-state index contributed by atoms with van der Waals surface area (Å²) in [5.74, 6) is 7.99. The van der Waals surface area contributed by atoms with E-state index in [1.807, 2.05) is 36.4 Å². The van der Waals surface area contributed by atoms with Gasteiger partial charge in [-0.25, -0.2) is 0 Å². The fraction of sp³-hybridized carbons (Fsp3) is 0.200. The molecule has 0 fully saturated rings. The zero-order valence-electron chi connectivity index (χ0n) is 9.83. The van der Waals surface area contributed by atoms with Gasteiger partial charge in [-0.15, -0.1) is 0 Å². The highest BCUT2D eigenvalue weighted by Crippen LogP contribution is 2.17. The van der Waals surface area contributed by atoms with E-state index < -0.39 is 0 Å². The average Bonchev–Trinajstić information content (AvgIpc) is 2.77. The fourth-order valence-corrected chi connectivity index (χ4v) is 1.60. The molecule has 0 aliphatic carbocycles. The molecule has 0 aliphatic rings. The molecule has 1 nitrogen and oxygen atoms in total. The first-order chi connectivity index (χ1) is 8.16. The molecule has 1 heterocycles. The van der Waals surface area contributed by atoms with Gasteiger partial charge in [0.15, 0.2) is 5.76 Å². The molecular formula is C15H13ClO. The zero-order chi connectivity index (χ0) is 12.3. The summed E-state index contributed by atoms with van der Waals surface area (Å²) in [6.07, 6.45) is 0. The van der Waals surface area contributed by atoms with Gasteiger partial charge in [0, 0.05) is 11.5 Å². The Morgan fingerprint density at radius 3 is 2.47 bits per heavy atom. The van der Waals surface area contributed by atoms with Crippen molar-refractivity contribution >= 4 is 11.6 Å². The molecule has 1 aromatic heterocycles. The lowest BCUT2D eigenvalue weighted by Crippen LogP contribution is -1.80. The van der Waals surface area contributed by atoms with Crippen molar-refractivity contribution in [3.63, 3.8) is 0 Å². The first kappa shape index (κ1) is 11.8. The number of hydrogen-bond donors (Lipinski definition) is 0. The lowest BCUT2D eigenvalue weighted by molar-refractivity contribution is 0.478. The highest BCUT2D eigenvalue weighted by Gasteiger charge is 2.03. The summed E-state index contributed by atoms with van der Waals surface area (Å²) in [5, 5.41) is 0.663. The second-order valence-corrected chi connectivity index (χ2v) is 4.49. The fourth-order valence-electron chi connectivity index (χ4n) is 1.42. The van der Waals surface area contributed by atoms with Crippen LogP contribution in [0.1, 0.15) is 36.8 Å². The van der Waals surface area contributed by atoms with Crippen LogP contribution in [0.25, 0.3) is 0 Å². The van der Waals surface area contributed by atoms with Crippen LogP contribution in [0.15, 0.2) is 40.8 Å². The molecule has 2 heteroatoms. The van der Waals surface area contributed by atoms with Crippen LogP contribution < -0.4 is 0 Å². The summed E-state index contributed by atoms with van der Waals surface area (Å²) in [6, 6.07) is 11.4. The number of hydrogen-bond acceptors (Lipinski definition) is 1. The van der Waals surface area contributed by atoms with E-state index in [-0.39, 0.29) is 0 Å². The predicted molar refractivity (Wildman–Crippen MR) is 70.2 cm³/mol. The molecule has 0 aliphatic heterocycles. The molecular weight excluding hydrogens is 232 g/mol. The molecule has 0 unspecified atom stereocenters. The van der Waals surface area contributed by atoms with Gasteiger partial charge in [0.1, 0.15) is 5.76 Å².